The molecule has 0 radical (unpaired) electrons. The van der Waals surface area contributed by atoms with Crippen LogP contribution in [0.5, 0.6) is 0 Å². The van der Waals surface area contributed by atoms with Gasteiger partial charge < -0.3 is 33.2 Å². The molecule has 3 fully saturated rings. The highest BCUT2D eigenvalue weighted by Crippen LogP contribution is 2.69. The minimum absolute atomic E-state index is 0.0165. The van der Waals surface area contributed by atoms with Gasteiger partial charge in [-0.25, -0.2) is 0 Å². The summed E-state index contributed by atoms with van der Waals surface area (Å²) in [5, 5.41) is 3.81. The fourth-order valence-electron chi connectivity index (χ4n) is 33.0. The van der Waals surface area contributed by atoms with Gasteiger partial charge in [0.15, 0.2) is 5.58 Å². The van der Waals surface area contributed by atoms with Crippen molar-refractivity contribution in [1.29, 1.82) is 0 Å². The van der Waals surface area contributed by atoms with Crippen LogP contribution in [-0.4, -0.2) is 39.2 Å². The Morgan fingerprint density at radius 3 is 1.39 bits per heavy atom. The lowest BCUT2D eigenvalue weighted by molar-refractivity contribution is 0.194. The Kier molecular flexibility index (Phi) is 17.7. The largest absolute Gasteiger partial charge is 0.454 e. The van der Waals surface area contributed by atoms with Crippen LogP contribution in [0.2, 0.25) is 0 Å². The van der Waals surface area contributed by atoms with Gasteiger partial charge >= 0.3 is 0 Å². The number of aromatic nitrogens is 2. The number of hydrogen-bond donors (Lipinski definition) is 0. The van der Waals surface area contributed by atoms with E-state index < -0.39 is 0 Å². The molecule has 27 rings (SSSR count). The van der Waals surface area contributed by atoms with Crippen LogP contribution in [0.4, 0.5) is 51.2 Å². The van der Waals surface area contributed by atoms with Gasteiger partial charge in [-0.3, -0.25) is 0 Å². The summed E-state index contributed by atoms with van der Waals surface area (Å²) in [7, 11) is 0. The van der Waals surface area contributed by atoms with Gasteiger partial charge in [-0.15, -0.1) is 0 Å². The highest BCUT2D eigenvalue weighted by Gasteiger charge is 2.66. The Labute approximate surface area is 848 Å². The first kappa shape index (κ1) is 90.4. The van der Waals surface area contributed by atoms with Crippen LogP contribution >= 0.6 is 0 Å². The highest BCUT2D eigenvalue weighted by molar-refractivity contribution is 7.01. The van der Waals surface area contributed by atoms with Gasteiger partial charge in [0.1, 0.15) is 11.1 Å². The zero-order valence-corrected chi connectivity index (χ0v) is 91.2. The van der Waals surface area contributed by atoms with E-state index in [2.05, 4.69) is 405 Å². The van der Waals surface area contributed by atoms with Crippen LogP contribution in [0.1, 0.15) is 394 Å². The van der Waals surface area contributed by atoms with Crippen LogP contribution in [0, 0.1) is 0 Å². The van der Waals surface area contributed by atoms with Crippen molar-refractivity contribution in [3.05, 3.63) is 254 Å². The molecule has 0 spiro atoms. The summed E-state index contributed by atoms with van der Waals surface area (Å²) in [5.74, 6) is 0. The quantitative estimate of drug-likeness (QED) is 0.142. The molecule has 11 aromatic carbocycles. The summed E-state index contributed by atoms with van der Waals surface area (Å²) in [4.78, 5) is 11.8. The van der Waals surface area contributed by atoms with E-state index in [-0.39, 0.29) is 100 Å². The Balaban J connectivity index is 0.659. The van der Waals surface area contributed by atoms with Crippen molar-refractivity contribution in [3.8, 4) is 22.6 Å². The zero-order chi connectivity index (χ0) is 99.2. The first-order valence-electron chi connectivity index (χ1n) is 55.5. The van der Waals surface area contributed by atoms with E-state index in [9.17, 15) is 0 Å². The highest BCUT2D eigenvalue weighted by atomic mass is 16.3. The number of benzene rings is 11. The maximum Gasteiger partial charge on any atom is 0.252 e. The molecule has 7 aliphatic heterocycles. The third-order valence-electron chi connectivity index (χ3n) is 42.7. The minimum atomic E-state index is -0.242. The van der Waals surface area contributed by atoms with Gasteiger partial charge in [0.25, 0.3) is 13.4 Å². The molecule has 3 aromatic heterocycles. The molecule has 0 amide bonds. The zero-order valence-electron chi connectivity index (χ0n) is 91.2. The molecule has 13 aliphatic rings. The van der Waals surface area contributed by atoms with E-state index in [4.69, 9.17) is 4.42 Å². The van der Waals surface area contributed by atoms with Gasteiger partial charge in [-0.2, -0.15) is 0 Å². The summed E-state index contributed by atoms with van der Waals surface area (Å²) < 4.78 is 13.1. The molecule has 7 nitrogen and oxygen atoms in total. The summed E-state index contributed by atoms with van der Waals surface area (Å²) in [6.45, 7) is 73.9. The van der Waals surface area contributed by atoms with Crippen molar-refractivity contribution < 1.29 is 4.42 Å². The molecule has 6 aliphatic carbocycles. The van der Waals surface area contributed by atoms with E-state index in [1.165, 1.54) is 240 Å². The lowest BCUT2D eigenvalue weighted by Gasteiger charge is -2.53. The Morgan fingerprint density at radius 2 is 0.789 bits per heavy atom. The molecule has 726 valence electrons. The van der Waals surface area contributed by atoms with Gasteiger partial charge in [-0.05, 0) is 336 Å². The van der Waals surface area contributed by atoms with Crippen molar-refractivity contribution in [2.45, 2.75) is 403 Å². The molecule has 10 heterocycles. The van der Waals surface area contributed by atoms with Crippen LogP contribution in [0.25, 0.3) is 66.5 Å². The lowest BCUT2D eigenvalue weighted by atomic mass is 9.33. The standard InChI is InChI=1S/C133H152B2N6O/c1-118(2,3)77-44-49-102-95(64-77)128(24)50-34-37-53-131(128,27)139(102)85-75-104-110-106(76-85)141-116-97(130(26)52-36-39-55-133(130,141)29)66-81(70-101(116)134(110)98-67-78(119(4,5)6)62-88-108-113(137(104)111(88)98)86-40-30-32-42-90(86)126(108,21)22)122(13,14)58-60-127(23)61-59-124(17,18)92-48-46-83(72-94(92)127)136(82-45-47-91-93(71-82)125(19,20)57-56-123(91,15)16)84-73-103-109-105(74-84)140-115-96(129(25)51-35-38-54-132(129,140)28)65-80(121(10,11)12)69-100(115)135(109)99-68-79(120(7,8)9)63-89-112(99)138(103)114-87-41-31-33-43-107(87)142-117(89)114/h30-33,40-49,62-76H,34-39,50-61H2,1-29H3. The van der Waals surface area contributed by atoms with Crippen molar-refractivity contribution in [3.63, 3.8) is 0 Å². The Bertz CT molecular complexity index is 8010. The number of rotatable bonds is 8. The molecule has 7 atom stereocenters. The monoisotopic (exact) mass is 1870 g/mol. The van der Waals surface area contributed by atoms with Crippen LogP contribution < -0.4 is 52.4 Å². The number of para-hydroxylation sites is 1. The predicted molar refractivity (Wildman–Crippen MR) is 606 cm³/mol. The molecule has 0 bridgehead atoms. The Morgan fingerprint density at radius 1 is 0.331 bits per heavy atom. The first-order chi connectivity index (χ1) is 66.7. The van der Waals surface area contributed by atoms with E-state index in [1.54, 1.807) is 16.7 Å². The second-order valence-corrected chi connectivity index (χ2v) is 56.9. The molecule has 0 N–H and O–H groups in total. The van der Waals surface area contributed by atoms with Crippen LogP contribution in [0.3, 0.4) is 0 Å². The average Bonchev–Trinajstić information content (AvgIpc) is 1.48. The van der Waals surface area contributed by atoms with Crippen LogP contribution in [-0.2, 0) is 70.4 Å². The molecular formula is C133H152B2N6O. The van der Waals surface area contributed by atoms with E-state index in [1.807, 2.05) is 0 Å². The number of nitrogens with zero attached hydrogens (tertiary/aromatic N) is 6. The Hall–Kier alpha value is -10.4. The van der Waals surface area contributed by atoms with Gasteiger partial charge in [0.2, 0.25) is 0 Å². The van der Waals surface area contributed by atoms with Crippen molar-refractivity contribution in [2.24, 2.45) is 0 Å². The molecule has 0 saturated heterocycles. The SMILES string of the molecule is CC(C)(C)c1ccc2c(c1)C1(C)CCCCC1(C)N2c1cc2c3c(c1)-n1c4c(c5cc(C(C)(C)C)cc(c51)B3c1cc(C(C)(C)CCC3(C)CCC(C)(C)c5ccc(N(c6cc7c8c(c6)-n6c9c(cc(C(C)(C)C)cc9c9oc%10ccccc%10c96)B8c6cc(C(C)(C)C)cc8c6N7C6(C)CCCCC86C)c6ccc7c(c6)C(C)(C)CCC7(C)C)cc53)cc3c1N2C1(C)CCCCC31C)C(C)(C)c1ccccc1-4. The molecule has 3 saturated carbocycles. The predicted octanol–water partition coefficient (Wildman–Crippen LogP) is 31.4. The van der Waals surface area contributed by atoms with E-state index >= 15 is 0 Å². The van der Waals surface area contributed by atoms with E-state index in [0.717, 1.165) is 87.2 Å². The van der Waals surface area contributed by atoms with Crippen LogP contribution in [0.15, 0.2) is 180 Å². The second-order valence-electron chi connectivity index (χ2n) is 56.9. The maximum atomic E-state index is 7.42. The van der Waals surface area contributed by atoms with E-state index in [0.29, 0.717) is 0 Å². The van der Waals surface area contributed by atoms with Crippen molar-refractivity contribution in [1.82, 2.24) is 9.13 Å². The van der Waals surface area contributed by atoms with Gasteiger partial charge in [0.05, 0.1) is 33.5 Å². The summed E-state index contributed by atoms with van der Waals surface area (Å²) in [5.41, 5.74) is 51.2. The topological polar surface area (TPSA) is 36.0 Å². The molecule has 7 unspecified atom stereocenters. The number of furan rings is 1. The molecule has 14 aromatic rings. The fourth-order valence-corrected chi connectivity index (χ4v) is 33.0. The normalized spacial score (nSPS) is 25.9. The molecule has 142 heavy (non-hydrogen) atoms. The number of anilines is 9. The molecular weight excluding hydrogens is 1720 g/mol. The summed E-state index contributed by atoms with van der Waals surface area (Å²) >= 11 is 0. The van der Waals surface area contributed by atoms with Crippen molar-refractivity contribution >= 4 is 141 Å². The second kappa shape index (κ2) is 27.9. The third kappa shape index (κ3) is 11.3. The lowest BCUT2D eigenvalue weighted by Crippen LogP contribution is -2.64. The average molecular weight is 1870 g/mol. The maximum absolute atomic E-state index is 7.42. The smallest absolute Gasteiger partial charge is 0.252 e. The summed E-state index contributed by atoms with van der Waals surface area (Å²) in [6, 6.07) is 74.8. The minimum Gasteiger partial charge on any atom is -0.454 e. The van der Waals surface area contributed by atoms with Gasteiger partial charge in [-0.1, -0.05) is 316 Å². The van der Waals surface area contributed by atoms with Gasteiger partial charge in [0, 0.05) is 106 Å². The summed E-state index contributed by atoms with van der Waals surface area (Å²) in [6.07, 6.45) is 20.9. The first-order valence-corrected chi connectivity index (χ1v) is 55.5. The molecule has 9 heteroatoms. The fraction of sp³-hybridized carbons (Fsp3) is 0.474. The number of hydrogen-bond acceptors (Lipinski definition) is 5. The number of fused-ring (bicyclic) bond motifs is 29. The van der Waals surface area contributed by atoms with Crippen molar-refractivity contribution in [2.75, 3.05) is 19.6 Å². The third-order valence-corrected chi connectivity index (χ3v) is 42.7.